The van der Waals surface area contributed by atoms with E-state index < -0.39 is 22.9 Å². The maximum absolute atomic E-state index is 14.5. The molecule has 3 heterocycles. The fraction of sp³-hybridized carbons (Fsp3) is 0.273. The maximum Gasteiger partial charge on any atom is 0.332 e. The molecule has 0 fully saturated rings. The van der Waals surface area contributed by atoms with Crippen molar-refractivity contribution >= 4 is 34.1 Å². The van der Waals surface area contributed by atoms with E-state index in [0.717, 1.165) is 21.6 Å². The standard InChI is InChI=1S/C22H21F2N5O3S/c1-26-20-19(21(31)27(2)22(26)32)28(13-25-20)9-3-6-18(30)29(12-15-5-4-10-33-15)17-8-7-14(23)11-16(17)24/h4-5,7-8,10-11,13H,3,6,9,12H2,1-2H3. The first-order valence-electron chi connectivity index (χ1n) is 10.2. The summed E-state index contributed by atoms with van der Waals surface area (Å²) in [4.78, 5) is 44.0. The number of hydrogen-bond acceptors (Lipinski definition) is 5. The minimum atomic E-state index is -0.815. The van der Waals surface area contributed by atoms with Crippen molar-refractivity contribution < 1.29 is 13.6 Å². The summed E-state index contributed by atoms with van der Waals surface area (Å²) in [5.41, 5.74) is -0.399. The van der Waals surface area contributed by atoms with Gasteiger partial charge in [-0.25, -0.2) is 18.6 Å². The van der Waals surface area contributed by atoms with E-state index in [9.17, 15) is 23.2 Å². The minimum Gasteiger partial charge on any atom is -0.325 e. The highest BCUT2D eigenvalue weighted by Gasteiger charge is 2.21. The Morgan fingerprint density at radius 2 is 1.94 bits per heavy atom. The van der Waals surface area contributed by atoms with E-state index in [1.165, 1.54) is 47.3 Å². The minimum absolute atomic E-state index is 0.00625. The van der Waals surface area contributed by atoms with Crippen LogP contribution in [0.5, 0.6) is 0 Å². The van der Waals surface area contributed by atoms with E-state index in [2.05, 4.69) is 4.98 Å². The number of rotatable bonds is 7. The Labute approximate surface area is 190 Å². The summed E-state index contributed by atoms with van der Waals surface area (Å²) in [7, 11) is 2.93. The van der Waals surface area contributed by atoms with E-state index in [1.54, 1.807) is 4.57 Å². The molecule has 11 heteroatoms. The number of imidazole rings is 1. The zero-order chi connectivity index (χ0) is 23.7. The van der Waals surface area contributed by atoms with Crippen LogP contribution in [0.2, 0.25) is 0 Å². The number of anilines is 1. The van der Waals surface area contributed by atoms with Crippen LogP contribution in [0.3, 0.4) is 0 Å². The molecule has 1 aromatic carbocycles. The molecule has 0 saturated heterocycles. The lowest BCUT2D eigenvalue weighted by Gasteiger charge is -2.23. The molecule has 0 unspecified atom stereocenters. The first-order valence-corrected chi connectivity index (χ1v) is 11.0. The summed E-state index contributed by atoms with van der Waals surface area (Å²) in [5, 5.41) is 1.86. The number of halogens is 2. The van der Waals surface area contributed by atoms with Gasteiger partial charge in [0.15, 0.2) is 11.2 Å². The average molecular weight is 474 g/mol. The van der Waals surface area contributed by atoms with Gasteiger partial charge in [0.25, 0.3) is 5.56 Å². The summed E-state index contributed by atoms with van der Waals surface area (Å²) in [6.45, 7) is 0.462. The van der Waals surface area contributed by atoms with Crippen LogP contribution in [0.15, 0.2) is 51.6 Å². The molecule has 0 aliphatic heterocycles. The number of benzene rings is 1. The van der Waals surface area contributed by atoms with Crippen LogP contribution in [-0.2, 0) is 32.0 Å². The van der Waals surface area contributed by atoms with Crippen molar-refractivity contribution in [2.75, 3.05) is 4.90 Å². The van der Waals surface area contributed by atoms with Gasteiger partial charge in [0, 0.05) is 38.0 Å². The molecule has 3 aromatic heterocycles. The van der Waals surface area contributed by atoms with Crippen molar-refractivity contribution in [3.8, 4) is 0 Å². The van der Waals surface area contributed by atoms with Gasteiger partial charge >= 0.3 is 5.69 Å². The Morgan fingerprint density at radius 1 is 1.15 bits per heavy atom. The van der Waals surface area contributed by atoms with E-state index in [1.807, 2.05) is 17.5 Å². The van der Waals surface area contributed by atoms with Crippen LogP contribution in [0.4, 0.5) is 14.5 Å². The molecule has 0 aliphatic carbocycles. The van der Waals surface area contributed by atoms with Crippen LogP contribution >= 0.6 is 11.3 Å². The third-order valence-electron chi connectivity index (χ3n) is 5.40. The molecule has 1 amide bonds. The summed E-state index contributed by atoms with van der Waals surface area (Å²) >= 11 is 1.43. The third-order valence-corrected chi connectivity index (χ3v) is 6.26. The van der Waals surface area contributed by atoms with Crippen LogP contribution in [0.25, 0.3) is 11.2 Å². The van der Waals surface area contributed by atoms with Crippen molar-refractivity contribution in [1.29, 1.82) is 0 Å². The number of carbonyl (C=O) groups excluding carboxylic acids is 1. The van der Waals surface area contributed by atoms with E-state index in [4.69, 9.17) is 0 Å². The predicted octanol–water partition coefficient (Wildman–Crippen LogP) is 2.79. The third kappa shape index (κ3) is 4.36. The van der Waals surface area contributed by atoms with Gasteiger partial charge < -0.3 is 9.47 Å². The monoisotopic (exact) mass is 473 g/mol. The normalized spacial score (nSPS) is 11.3. The second-order valence-electron chi connectivity index (χ2n) is 7.57. The van der Waals surface area contributed by atoms with Crippen molar-refractivity contribution in [2.45, 2.75) is 25.9 Å². The van der Waals surface area contributed by atoms with E-state index in [0.29, 0.717) is 13.0 Å². The van der Waals surface area contributed by atoms with Gasteiger partial charge in [0.1, 0.15) is 11.6 Å². The molecule has 0 saturated carbocycles. The molecule has 0 N–H and O–H groups in total. The van der Waals surface area contributed by atoms with Gasteiger partial charge in [-0.3, -0.25) is 18.7 Å². The molecule has 0 bridgehead atoms. The number of nitrogens with zero attached hydrogens (tertiary/aromatic N) is 5. The quantitative estimate of drug-likeness (QED) is 0.413. The molecule has 0 aliphatic rings. The Kier molecular flexibility index (Phi) is 6.23. The van der Waals surface area contributed by atoms with Crippen molar-refractivity contribution in [1.82, 2.24) is 18.7 Å². The van der Waals surface area contributed by atoms with E-state index in [-0.39, 0.29) is 35.7 Å². The number of fused-ring (bicyclic) bond motifs is 1. The van der Waals surface area contributed by atoms with Gasteiger partial charge in [0.2, 0.25) is 5.91 Å². The summed E-state index contributed by atoms with van der Waals surface area (Å²) in [6, 6.07) is 6.79. The SMILES string of the molecule is Cn1c(=O)c2c(ncn2CCCC(=O)N(Cc2cccs2)c2ccc(F)cc2F)n(C)c1=O. The zero-order valence-electron chi connectivity index (χ0n) is 18.0. The molecule has 33 heavy (non-hydrogen) atoms. The molecule has 8 nitrogen and oxygen atoms in total. The largest absolute Gasteiger partial charge is 0.332 e. The zero-order valence-corrected chi connectivity index (χ0v) is 18.8. The van der Waals surface area contributed by atoms with Gasteiger partial charge in [-0.15, -0.1) is 11.3 Å². The first kappa shape index (κ1) is 22.6. The van der Waals surface area contributed by atoms with Crippen molar-refractivity contribution in [3.05, 3.63) is 79.4 Å². The lowest BCUT2D eigenvalue weighted by atomic mass is 10.2. The topological polar surface area (TPSA) is 82.1 Å². The lowest BCUT2D eigenvalue weighted by molar-refractivity contribution is -0.118. The van der Waals surface area contributed by atoms with Crippen LogP contribution in [0, 0.1) is 11.6 Å². The molecule has 4 aromatic rings. The van der Waals surface area contributed by atoms with Crippen LogP contribution in [0.1, 0.15) is 17.7 Å². The van der Waals surface area contributed by atoms with E-state index >= 15 is 0 Å². The fourth-order valence-corrected chi connectivity index (χ4v) is 4.36. The number of hydrogen-bond donors (Lipinski definition) is 0. The summed E-state index contributed by atoms with van der Waals surface area (Å²) in [6.07, 6.45) is 1.87. The molecule has 0 radical (unpaired) electrons. The summed E-state index contributed by atoms with van der Waals surface area (Å²) < 4.78 is 31.7. The Hall–Kier alpha value is -3.60. The van der Waals surface area contributed by atoms with Gasteiger partial charge in [-0.1, -0.05) is 6.07 Å². The smallest absolute Gasteiger partial charge is 0.325 e. The Morgan fingerprint density at radius 3 is 2.64 bits per heavy atom. The number of carbonyl (C=O) groups is 1. The van der Waals surface area contributed by atoms with Gasteiger partial charge in [-0.2, -0.15) is 0 Å². The molecule has 0 spiro atoms. The predicted molar refractivity (Wildman–Crippen MR) is 121 cm³/mol. The van der Waals surface area contributed by atoms with Crippen LogP contribution in [-0.4, -0.2) is 24.6 Å². The summed E-state index contributed by atoms with van der Waals surface area (Å²) in [5.74, 6) is -1.87. The molecular formula is C22H21F2N5O3S. The molecular weight excluding hydrogens is 452 g/mol. The number of amides is 1. The molecule has 4 rings (SSSR count). The Bertz CT molecular complexity index is 1440. The lowest BCUT2D eigenvalue weighted by Crippen LogP contribution is -2.37. The number of aryl methyl sites for hydroxylation is 2. The number of aromatic nitrogens is 4. The fourth-order valence-electron chi connectivity index (χ4n) is 3.67. The second-order valence-corrected chi connectivity index (χ2v) is 8.61. The highest BCUT2D eigenvalue weighted by atomic mass is 32.1. The first-order chi connectivity index (χ1) is 15.8. The second kappa shape index (κ2) is 9.10. The van der Waals surface area contributed by atoms with Gasteiger partial charge in [-0.05, 0) is 30.0 Å². The van der Waals surface area contributed by atoms with Gasteiger partial charge in [0.05, 0.1) is 18.6 Å². The molecule has 172 valence electrons. The molecule has 0 atom stereocenters. The highest BCUT2D eigenvalue weighted by molar-refractivity contribution is 7.09. The average Bonchev–Trinajstić information content (AvgIpc) is 3.45. The van der Waals surface area contributed by atoms with Crippen molar-refractivity contribution in [3.63, 3.8) is 0 Å². The number of thiophene rings is 1. The Balaban J connectivity index is 1.55. The van der Waals surface area contributed by atoms with Crippen molar-refractivity contribution in [2.24, 2.45) is 14.1 Å². The highest BCUT2D eigenvalue weighted by Crippen LogP contribution is 2.25. The van der Waals surface area contributed by atoms with Crippen LogP contribution < -0.4 is 16.1 Å². The maximum atomic E-state index is 14.5.